The molecule has 0 aliphatic heterocycles. The fraction of sp³-hybridized carbons (Fsp3) is 0.429. The summed E-state index contributed by atoms with van der Waals surface area (Å²) in [5.74, 6) is -0.409. The minimum atomic E-state index is -0.722. The quantitative estimate of drug-likeness (QED) is 0.438. The minimum Gasteiger partial charge on any atom is -0.507 e. The SMILES string of the molecule is CCCC(C)(c1cc(CN=O)c(O)c(CN=O)c1)c1cc(CN=O)c(O)c(CN=O)c1. The highest BCUT2D eigenvalue weighted by Gasteiger charge is 2.31. The second-order valence-corrected chi connectivity index (χ2v) is 7.52. The highest BCUT2D eigenvalue weighted by molar-refractivity contribution is 5.53. The molecule has 0 amide bonds. The topological polar surface area (TPSA) is 158 Å². The third kappa shape index (κ3) is 4.96. The van der Waals surface area contributed by atoms with E-state index in [2.05, 4.69) is 20.7 Å². The lowest BCUT2D eigenvalue weighted by atomic mass is 9.71. The Kier molecular flexibility index (Phi) is 8.00. The molecule has 10 heteroatoms. The predicted octanol–water partition coefficient (Wildman–Crippen LogP) is 5.27. The van der Waals surface area contributed by atoms with E-state index < -0.39 is 5.41 Å². The summed E-state index contributed by atoms with van der Waals surface area (Å²) in [6.45, 7) is 2.74. The van der Waals surface area contributed by atoms with Gasteiger partial charge in [0.1, 0.15) is 37.7 Å². The second-order valence-electron chi connectivity index (χ2n) is 7.52. The number of benzene rings is 2. The van der Waals surface area contributed by atoms with Gasteiger partial charge in [0.2, 0.25) is 0 Å². The van der Waals surface area contributed by atoms with Crippen LogP contribution in [-0.2, 0) is 31.6 Å². The number of phenols is 2. The molecule has 31 heavy (non-hydrogen) atoms. The number of aromatic hydroxyl groups is 2. The monoisotopic (exact) mass is 428 g/mol. The Balaban J connectivity index is 2.81. The van der Waals surface area contributed by atoms with Crippen molar-refractivity contribution in [2.75, 3.05) is 0 Å². The van der Waals surface area contributed by atoms with Crippen LogP contribution < -0.4 is 0 Å². The standard InChI is InChI=1S/C21H24N4O6/c1-3-4-21(2,17-5-13(9-22-28)19(26)14(6-17)10-23-29)18-7-15(11-24-30)20(27)16(8-18)12-25-31/h5-8,26-27H,3-4,9-12H2,1-2H3. The molecule has 2 aromatic carbocycles. The van der Waals surface area contributed by atoms with Crippen molar-refractivity contribution in [2.24, 2.45) is 20.7 Å². The van der Waals surface area contributed by atoms with Crippen molar-refractivity contribution >= 4 is 0 Å². The van der Waals surface area contributed by atoms with E-state index in [1.54, 1.807) is 24.3 Å². The van der Waals surface area contributed by atoms with Crippen LogP contribution in [0.3, 0.4) is 0 Å². The van der Waals surface area contributed by atoms with E-state index in [4.69, 9.17) is 0 Å². The molecule has 0 saturated carbocycles. The Labute approximate surface area is 178 Å². The first-order valence-electron chi connectivity index (χ1n) is 9.73. The van der Waals surface area contributed by atoms with Crippen molar-refractivity contribution in [3.63, 3.8) is 0 Å². The molecule has 164 valence electrons. The zero-order chi connectivity index (χ0) is 23.0. The maximum Gasteiger partial charge on any atom is 0.125 e. The summed E-state index contributed by atoms with van der Waals surface area (Å²) in [7, 11) is 0. The maximum atomic E-state index is 10.9. The van der Waals surface area contributed by atoms with Crippen LogP contribution in [0.25, 0.3) is 0 Å². The van der Waals surface area contributed by atoms with Gasteiger partial charge in [0, 0.05) is 27.7 Å². The smallest absolute Gasteiger partial charge is 0.125 e. The van der Waals surface area contributed by atoms with Crippen molar-refractivity contribution in [2.45, 2.75) is 58.3 Å². The molecule has 0 atom stereocenters. The Morgan fingerprint density at radius 1 is 0.677 bits per heavy atom. The summed E-state index contributed by atoms with van der Waals surface area (Å²) in [5, 5.41) is 32.2. The number of nitrogens with zero attached hydrogens (tertiary/aromatic N) is 4. The number of hydrogen-bond acceptors (Lipinski definition) is 10. The molecule has 0 unspecified atom stereocenters. The third-order valence-corrected chi connectivity index (χ3v) is 5.50. The number of phenolic OH excluding ortho intramolecular Hbond substituents is 2. The van der Waals surface area contributed by atoms with Crippen LogP contribution in [-0.4, -0.2) is 10.2 Å². The molecule has 0 aromatic heterocycles. The zero-order valence-electron chi connectivity index (χ0n) is 17.4. The fourth-order valence-corrected chi connectivity index (χ4v) is 3.87. The summed E-state index contributed by atoms with van der Waals surface area (Å²) in [6.07, 6.45) is 1.34. The summed E-state index contributed by atoms with van der Waals surface area (Å²) < 4.78 is 0. The van der Waals surface area contributed by atoms with E-state index >= 15 is 0 Å². The van der Waals surface area contributed by atoms with E-state index in [0.717, 1.165) is 6.42 Å². The largest absolute Gasteiger partial charge is 0.507 e. The van der Waals surface area contributed by atoms with Gasteiger partial charge in [-0.1, -0.05) is 41.0 Å². The average molecular weight is 428 g/mol. The van der Waals surface area contributed by atoms with Crippen molar-refractivity contribution in [3.05, 3.63) is 77.3 Å². The van der Waals surface area contributed by atoms with Gasteiger partial charge in [0.05, 0.1) is 0 Å². The molecule has 2 N–H and O–H groups in total. The van der Waals surface area contributed by atoms with Gasteiger partial charge in [-0.15, -0.1) is 0 Å². The minimum absolute atomic E-state index is 0.204. The van der Waals surface area contributed by atoms with Gasteiger partial charge in [-0.05, 0) is 41.8 Å². The van der Waals surface area contributed by atoms with Gasteiger partial charge >= 0.3 is 0 Å². The van der Waals surface area contributed by atoms with Gasteiger partial charge in [0.15, 0.2) is 0 Å². The Bertz CT molecular complexity index is 856. The molecule has 0 spiro atoms. The van der Waals surface area contributed by atoms with Gasteiger partial charge in [-0.3, -0.25) is 0 Å². The first kappa shape index (κ1) is 23.7. The highest BCUT2D eigenvalue weighted by atomic mass is 16.3. The molecule has 0 heterocycles. The lowest BCUT2D eigenvalue weighted by Gasteiger charge is -2.33. The van der Waals surface area contributed by atoms with Crippen LogP contribution in [0, 0.1) is 19.6 Å². The van der Waals surface area contributed by atoms with E-state index in [9.17, 15) is 29.8 Å². The Morgan fingerprint density at radius 2 is 0.968 bits per heavy atom. The van der Waals surface area contributed by atoms with Gasteiger partial charge in [0.25, 0.3) is 0 Å². The number of nitroso groups, excluding NO2 is 4. The maximum absolute atomic E-state index is 10.9. The van der Waals surface area contributed by atoms with Gasteiger partial charge in [-0.2, -0.15) is 19.6 Å². The average Bonchev–Trinajstić information content (AvgIpc) is 2.74. The van der Waals surface area contributed by atoms with Crippen LogP contribution >= 0.6 is 0 Å². The number of rotatable bonds is 12. The van der Waals surface area contributed by atoms with Crippen LogP contribution in [0.1, 0.15) is 60.1 Å². The van der Waals surface area contributed by atoms with E-state index in [-0.39, 0.29) is 59.9 Å². The summed E-state index contributed by atoms with van der Waals surface area (Å²) >= 11 is 0. The van der Waals surface area contributed by atoms with Crippen LogP contribution in [0.15, 0.2) is 45.0 Å². The lowest BCUT2D eigenvalue weighted by Crippen LogP contribution is -2.25. The molecule has 2 aromatic rings. The first-order chi connectivity index (χ1) is 14.9. The third-order valence-electron chi connectivity index (χ3n) is 5.50. The molecule has 0 bridgehead atoms. The zero-order valence-corrected chi connectivity index (χ0v) is 17.4. The van der Waals surface area contributed by atoms with Crippen molar-refractivity contribution < 1.29 is 10.2 Å². The van der Waals surface area contributed by atoms with Crippen molar-refractivity contribution in [1.29, 1.82) is 0 Å². The normalized spacial score (nSPS) is 11.2. The lowest BCUT2D eigenvalue weighted by molar-refractivity contribution is 0.454. The number of hydrogen-bond donors (Lipinski definition) is 2. The van der Waals surface area contributed by atoms with Crippen molar-refractivity contribution in [3.8, 4) is 11.5 Å². The molecule has 0 fully saturated rings. The van der Waals surface area contributed by atoms with E-state index in [1.807, 2.05) is 13.8 Å². The summed E-state index contributed by atoms with van der Waals surface area (Å²) in [5.41, 5.74) is 1.69. The van der Waals surface area contributed by atoms with Crippen molar-refractivity contribution in [1.82, 2.24) is 0 Å². The molecular weight excluding hydrogens is 404 g/mol. The summed E-state index contributed by atoms with van der Waals surface area (Å²) in [4.78, 5) is 43.5. The van der Waals surface area contributed by atoms with Crippen LogP contribution in [0.4, 0.5) is 0 Å². The Morgan fingerprint density at radius 3 is 1.19 bits per heavy atom. The van der Waals surface area contributed by atoms with Crippen LogP contribution in [0.5, 0.6) is 11.5 Å². The molecular formula is C21H24N4O6. The predicted molar refractivity (Wildman–Crippen MR) is 116 cm³/mol. The molecule has 2 rings (SSSR count). The fourth-order valence-electron chi connectivity index (χ4n) is 3.87. The summed E-state index contributed by atoms with van der Waals surface area (Å²) in [6, 6.07) is 6.57. The molecule has 0 aliphatic rings. The van der Waals surface area contributed by atoms with Gasteiger partial charge < -0.3 is 10.2 Å². The van der Waals surface area contributed by atoms with E-state index in [1.165, 1.54) is 0 Å². The van der Waals surface area contributed by atoms with Crippen LogP contribution in [0.2, 0.25) is 0 Å². The molecule has 10 nitrogen and oxygen atoms in total. The highest BCUT2D eigenvalue weighted by Crippen LogP contribution is 2.42. The molecule has 0 radical (unpaired) electrons. The molecule has 0 aliphatic carbocycles. The second kappa shape index (κ2) is 10.5. The Hall–Kier alpha value is -3.56. The van der Waals surface area contributed by atoms with Gasteiger partial charge in [-0.25, -0.2) is 0 Å². The van der Waals surface area contributed by atoms with E-state index in [0.29, 0.717) is 17.5 Å². The first-order valence-corrected chi connectivity index (χ1v) is 9.73. The molecule has 0 saturated heterocycles.